The number of piperidine rings is 1. The van der Waals surface area contributed by atoms with Crippen LogP contribution in [0.15, 0.2) is 41.6 Å². The molecule has 2 N–H and O–H groups in total. The second-order valence-electron chi connectivity index (χ2n) is 10.9. The molecule has 1 saturated heterocycles. The number of fused-ring (bicyclic) bond motifs is 1. The molecule has 0 radical (unpaired) electrons. The van der Waals surface area contributed by atoms with Gasteiger partial charge in [-0.15, -0.1) is 0 Å². The standard InChI is InChI=1S/C29H31F6N5O4S/c1-18-14-39(15-28(30,31)32)10-8-22(18)38-27(41)21-11-19(12-24-26(21)37-17-40(24)16-29(33,34)35)5-4-9-36-23-13-20(45(3,42)43)6-7-25(23)44-2/h6-7,11-13,17-18,22,36H,8-10,14-16H2,1-3H3,(H,38,41)/t18-,22-/m0/s1. The number of methoxy groups -OCH3 is 1. The van der Waals surface area contributed by atoms with E-state index in [0.29, 0.717) is 11.4 Å². The summed E-state index contributed by atoms with van der Waals surface area (Å²) in [6.45, 7) is -0.484. The summed E-state index contributed by atoms with van der Waals surface area (Å²) in [5, 5.41) is 5.77. The summed E-state index contributed by atoms with van der Waals surface area (Å²) in [6, 6.07) is 6.56. The lowest BCUT2D eigenvalue weighted by molar-refractivity contribution is -0.149. The fourth-order valence-electron chi connectivity index (χ4n) is 5.16. The maximum atomic E-state index is 13.4. The Labute approximate surface area is 255 Å². The first kappa shape index (κ1) is 33.9. The normalized spacial score (nSPS) is 17.9. The number of anilines is 1. The highest BCUT2D eigenvalue weighted by molar-refractivity contribution is 7.90. The number of sulfone groups is 1. The summed E-state index contributed by atoms with van der Waals surface area (Å²) in [7, 11) is -2.09. The molecule has 244 valence electrons. The minimum atomic E-state index is -4.57. The van der Waals surface area contributed by atoms with Crippen molar-refractivity contribution in [2.45, 2.75) is 43.2 Å². The molecule has 2 aromatic carbocycles. The molecule has 1 amide bonds. The summed E-state index contributed by atoms with van der Waals surface area (Å²) in [4.78, 5) is 18.8. The monoisotopic (exact) mass is 659 g/mol. The van der Waals surface area contributed by atoms with Crippen LogP contribution >= 0.6 is 0 Å². The van der Waals surface area contributed by atoms with Crippen molar-refractivity contribution in [3.05, 3.63) is 47.8 Å². The van der Waals surface area contributed by atoms with Crippen LogP contribution in [0.2, 0.25) is 0 Å². The molecule has 1 aliphatic rings. The van der Waals surface area contributed by atoms with E-state index in [1.165, 1.54) is 42.3 Å². The number of likely N-dealkylation sites (tertiary alicyclic amines) is 1. The molecule has 0 spiro atoms. The van der Waals surface area contributed by atoms with Crippen molar-refractivity contribution in [1.29, 1.82) is 0 Å². The van der Waals surface area contributed by atoms with E-state index < -0.39 is 47.2 Å². The van der Waals surface area contributed by atoms with E-state index in [1.54, 1.807) is 6.92 Å². The van der Waals surface area contributed by atoms with Crippen molar-refractivity contribution in [2.75, 3.05) is 44.9 Å². The van der Waals surface area contributed by atoms with Gasteiger partial charge in [-0.2, -0.15) is 26.3 Å². The SMILES string of the molecule is COc1ccc(S(C)(=O)=O)cc1NCC#Cc1cc(C(=O)N[C@H]2CCN(CC(F)(F)F)C[C@@H]2C)c2ncn(CC(F)(F)F)c2c1. The van der Waals surface area contributed by atoms with E-state index in [1.807, 2.05) is 0 Å². The van der Waals surface area contributed by atoms with Gasteiger partial charge in [-0.3, -0.25) is 9.69 Å². The van der Waals surface area contributed by atoms with Crippen LogP contribution in [0.5, 0.6) is 5.75 Å². The van der Waals surface area contributed by atoms with Gasteiger partial charge < -0.3 is 19.9 Å². The molecule has 0 bridgehead atoms. The largest absolute Gasteiger partial charge is 0.495 e. The van der Waals surface area contributed by atoms with Gasteiger partial charge in [0.15, 0.2) is 9.84 Å². The minimum Gasteiger partial charge on any atom is -0.495 e. The third-order valence-corrected chi connectivity index (χ3v) is 8.34. The van der Waals surface area contributed by atoms with Crippen molar-refractivity contribution >= 4 is 32.5 Å². The number of imidazole rings is 1. The Bertz CT molecular complexity index is 1730. The Morgan fingerprint density at radius 3 is 2.44 bits per heavy atom. The second-order valence-corrected chi connectivity index (χ2v) is 12.9. The van der Waals surface area contributed by atoms with E-state index in [2.05, 4.69) is 27.5 Å². The fourth-order valence-corrected chi connectivity index (χ4v) is 5.81. The summed E-state index contributed by atoms with van der Waals surface area (Å²) >= 11 is 0. The van der Waals surface area contributed by atoms with Crippen molar-refractivity contribution in [3.8, 4) is 17.6 Å². The third kappa shape index (κ3) is 9.04. The molecule has 1 fully saturated rings. The van der Waals surface area contributed by atoms with Crippen LogP contribution in [0.3, 0.4) is 0 Å². The van der Waals surface area contributed by atoms with Gasteiger partial charge in [-0.05, 0) is 42.7 Å². The van der Waals surface area contributed by atoms with Crippen molar-refractivity contribution < 1.29 is 44.3 Å². The molecule has 9 nitrogen and oxygen atoms in total. The highest BCUT2D eigenvalue weighted by atomic mass is 32.2. The van der Waals surface area contributed by atoms with Crippen LogP contribution < -0.4 is 15.4 Å². The number of alkyl halides is 6. The molecule has 1 aromatic heterocycles. The van der Waals surface area contributed by atoms with E-state index in [4.69, 9.17) is 4.74 Å². The number of hydrogen-bond acceptors (Lipinski definition) is 7. The van der Waals surface area contributed by atoms with Crippen LogP contribution in [-0.4, -0.2) is 86.7 Å². The fraction of sp³-hybridized carbons (Fsp3) is 0.448. The van der Waals surface area contributed by atoms with Crippen LogP contribution in [0.25, 0.3) is 11.0 Å². The Kier molecular flexibility index (Phi) is 9.93. The molecule has 0 aliphatic carbocycles. The molecule has 4 rings (SSSR count). The molecule has 16 heteroatoms. The van der Waals surface area contributed by atoms with Crippen molar-refractivity contribution in [1.82, 2.24) is 19.8 Å². The van der Waals surface area contributed by atoms with Crippen molar-refractivity contribution in [2.24, 2.45) is 5.92 Å². The topological polar surface area (TPSA) is 106 Å². The summed E-state index contributed by atoms with van der Waals surface area (Å²) in [5.41, 5.74) is 0.572. The Morgan fingerprint density at radius 2 is 1.82 bits per heavy atom. The van der Waals surface area contributed by atoms with Crippen molar-refractivity contribution in [3.63, 3.8) is 0 Å². The zero-order chi connectivity index (χ0) is 33.2. The second kappa shape index (κ2) is 13.2. The van der Waals surface area contributed by atoms with Gasteiger partial charge in [0, 0.05) is 31.0 Å². The number of nitrogens with zero attached hydrogens (tertiary/aromatic N) is 3. The molecule has 1 aliphatic heterocycles. The number of nitrogens with one attached hydrogen (secondary N) is 2. The number of aromatic nitrogens is 2. The van der Waals surface area contributed by atoms with E-state index in [9.17, 15) is 39.6 Å². The predicted molar refractivity (Wildman–Crippen MR) is 155 cm³/mol. The van der Waals surface area contributed by atoms with Gasteiger partial charge >= 0.3 is 12.4 Å². The van der Waals surface area contributed by atoms with Gasteiger partial charge in [-0.25, -0.2) is 13.4 Å². The van der Waals surface area contributed by atoms with E-state index >= 15 is 0 Å². The highest BCUT2D eigenvalue weighted by Gasteiger charge is 2.35. The number of hydrogen-bond donors (Lipinski definition) is 2. The smallest absolute Gasteiger partial charge is 0.406 e. The lowest BCUT2D eigenvalue weighted by Crippen LogP contribution is -2.51. The number of benzene rings is 2. The van der Waals surface area contributed by atoms with Crippen LogP contribution in [0.1, 0.15) is 29.3 Å². The predicted octanol–water partition coefficient (Wildman–Crippen LogP) is 4.48. The minimum absolute atomic E-state index is 0.0149. The number of carbonyl (C=O) groups excluding carboxylic acids is 1. The average molecular weight is 660 g/mol. The molecular weight excluding hydrogens is 628 g/mol. The number of halogens is 6. The lowest BCUT2D eigenvalue weighted by atomic mass is 9.93. The van der Waals surface area contributed by atoms with E-state index in [0.717, 1.165) is 17.2 Å². The quantitative estimate of drug-likeness (QED) is 0.272. The first-order valence-corrected chi connectivity index (χ1v) is 15.6. The van der Waals surface area contributed by atoms with Gasteiger partial charge in [0.25, 0.3) is 5.91 Å². The molecule has 2 atom stereocenters. The number of carbonyl (C=O) groups is 1. The van der Waals surface area contributed by atoms with Gasteiger partial charge in [0.05, 0.1) is 48.2 Å². The van der Waals surface area contributed by atoms with Gasteiger partial charge in [0.1, 0.15) is 17.8 Å². The van der Waals surface area contributed by atoms with Crippen LogP contribution in [0, 0.1) is 17.8 Å². The molecule has 45 heavy (non-hydrogen) atoms. The molecule has 0 saturated carbocycles. The molecule has 2 heterocycles. The molecular formula is C29H31F6N5O4S. The number of ether oxygens (including phenoxy) is 1. The zero-order valence-electron chi connectivity index (χ0n) is 24.5. The highest BCUT2D eigenvalue weighted by Crippen LogP contribution is 2.28. The third-order valence-electron chi connectivity index (χ3n) is 7.23. The maximum absolute atomic E-state index is 13.4. The van der Waals surface area contributed by atoms with Crippen LogP contribution in [-0.2, 0) is 16.4 Å². The summed E-state index contributed by atoms with van der Waals surface area (Å²) < 4.78 is 108. The van der Waals surface area contributed by atoms with Crippen LogP contribution in [0.4, 0.5) is 32.0 Å². The Morgan fingerprint density at radius 1 is 1.11 bits per heavy atom. The zero-order valence-corrected chi connectivity index (χ0v) is 25.3. The van der Waals surface area contributed by atoms with Gasteiger partial charge in [0.2, 0.25) is 0 Å². The Hall–Kier alpha value is -3.97. The first-order valence-electron chi connectivity index (χ1n) is 13.7. The summed E-state index contributed by atoms with van der Waals surface area (Å²) in [6.07, 6.45) is -6.62. The maximum Gasteiger partial charge on any atom is 0.406 e. The average Bonchev–Trinajstić information content (AvgIpc) is 3.31. The molecule has 0 unspecified atom stereocenters. The Balaban J connectivity index is 1.59. The van der Waals surface area contributed by atoms with Gasteiger partial charge in [-0.1, -0.05) is 18.8 Å². The van der Waals surface area contributed by atoms with E-state index in [-0.39, 0.29) is 59.0 Å². The first-order chi connectivity index (χ1) is 20.9. The molecule has 3 aromatic rings. The number of rotatable bonds is 8. The number of amides is 1. The summed E-state index contributed by atoms with van der Waals surface area (Å²) in [5.74, 6) is 5.03. The lowest BCUT2D eigenvalue weighted by Gasteiger charge is -2.37.